The van der Waals surface area contributed by atoms with Crippen molar-refractivity contribution in [3.63, 3.8) is 0 Å². The zero-order chi connectivity index (χ0) is 13.7. The van der Waals surface area contributed by atoms with Crippen molar-refractivity contribution >= 4 is 5.69 Å². The number of hydrogen-bond donors (Lipinski definition) is 1. The number of nitro groups is 1. The Kier molecular flexibility index (Phi) is 4.19. The molecule has 7 heteroatoms. The molecule has 0 unspecified atom stereocenters. The Balaban J connectivity index is 2.17. The number of nitrogens with one attached hydrogen (secondary N) is 1. The maximum atomic E-state index is 10.6. The van der Waals surface area contributed by atoms with E-state index in [0.717, 1.165) is 24.5 Å². The number of hydrogen-bond acceptors (Lipinski definition) is 5. The molecule has 0 fully saturated rings. The summed E-state index contributed by atoms with van der Waals surface area (Å²) in [6, 6.07) is 6.24. The minimum absolute atomic E-state index is 0.0644. The van der Waals surface area contributed by atoms with Crippen LogP contribution in [0.15, 0.2) is 30.6 Å². The molecule has 2 rings (SSSR count). The van der Waals surface area contributed by atoms with Gasteiger partial charge in [-0.2, -0.15) is 5.10 Å². The molecule has 0 radical (unpaired) electrons. The van der Waals surface area contributed by atoms with Crippen LogP contribution in [0.5, 0.6) is 0 Å². The van der Waals surface area contributed by atoms with Crippen molar-refractivity contribution in [3.8, 4) is 5.69 Å². The van der Waals surface area contributed by atoms with E-state index in [4.69, 9.17) is 0 Å². The molecular formula is C12H15N5O2. The number of benzene rings is 1. The molecule has 0 spiro atoms. The molecule has 0 atom stereocenters. The zero-order valence-corrected chi connectivity index (χ0v) is 10.6. The van der Waals surface area contributed by atoms with Gasteiger partial charge in [-0.3, -0.25) is 10.1 Å². The van der Waals surface area contributed by atoms with Crippen molar-refractivity contribution in [3.05, 3.63) is 46.5 Å². The van der Waals surface area contributed by atoms with Crippen LogP contribution in [-0.2, 0) is 6.54 Å². The number of non-ortho nitro benzene ring substituents is 1. The van der Waals surface area contributed by atoms with Gasteiger partial charge in [0, 0.05) is 12.1 Å². The van der Waals surface area contributed by atoms with Gasteiger partial charge in [0.05, 0.1) is 17.2 Å². The van der Waals surface area contributed by atoms with E-state index in [1.165, 1.54) is 18.5 Å². The van der Waals surface area contributed by atoms with Crippen molar-refractivity contribution in [2.75, 3.05) is 6.54 Å². The van der Waals surface area contributed by atoms with E-state index in [2.05, 4.69) is 22.3 Å². The van der Waals surface area contributed by atoms with Crippen LogP contribution in [-0.4, -0.2) is 26.2 Å². The maximum absolute atomic E-state index is 10.6. The lowest BCUT2D eigenvalue weighted by molar-refractivity contribution is -0.384. The van der Waals surface area contributed by atoms with Gasteiger partial charge < -0.3 is 5.32 Å². The molecule has 0 aliphatic carbocycles. The smallest absolute Gasteiger partial charge is 0.269 e. The SMILES string of the molecule is CCCNCc1ncnn1-c1ccc([N+](=O)[O-])cc1. The largest absolute Gasteiger partial charge is 0.310 e. The minimum Gasteiger partial charge on any atom is -0.310 e. The molecule has 0 saturated heterocycles. The van der Waals surface area contributed by atoms with Crippen LogP contribution in [0.3, 0.4) is 0 Å². The maximum Gasteiger partial charge on any atom is 0.269 e. The summed E-state index contributed by atoms with van der Waals surface area (Å²) in [5.74, 6) is 0.780. The highest BCUT2D eigenvalue weighted by Gasteiger charge is 2.09. The highest BCUT2D eigenvalue weighted by molar-refractivity contribution is 5.40. The van der Waals surface area contributed by atoms with Crippen LogP contribution < -0.4 is 5.32 Å². The second kappa shape index (κ2) is 6.05. The highest BCUT2D eigenvalue weighted by Crippen LogP contribution is 2.15. The van der Waals surface area contributed by atoms with E-state index in [1.807, 2.05) is 0 Å². The van der Waals surface area contributed by atoms with E-state index in [0.29, 0.717) is 6.54 Å². The van der Waals surface area contributed by atoms with Crippen LogP contribution in [0, 0.1) is 10.1 Å². The predicted octanol–water partition coefficient (Wildman–Crippen LogP) is 1.68. The topological polar surface area (TPSA) is 85.9 Å². The van der Waals surface area contributed by atoms with Gasteiger partial charge in [0.2, 0.25) is 0 Å². The Morgan fingerprint density at radius 2 is 2.11 bits per heavy atom. The van der Waals surface area contributed by atoms with Gasteiger partial charge in [-0.1, -0.05) is 6.92 Å². The van der Waals surface area contributed by atoms with E-state index < -0.39 is 4.92 Å². The van der Waals surface area contributed by atoms with E-state index in [-0.39, 0.29) is 5.69 Å². The third-order valence-electron chi connectivity index (χ3n) is 2.63. The van der Waals surface area contributed by atoms with Crippen molar-refractivity contribution in [2.45, 2.75) is 19.9 Å². The molecule has 0 aliphatic heterocycles. The summed E-state index contributed by atoms with van der Waals surface area (Å²) >= 11 is 0. The lowest BCUT2D eigenvalue weighted by Gasteiger charge is -2.06. The Bertz CT molecular complexity index is 550. The van der Waals surface area contributed by atoms with Gasteiger partial charge in [-0.25, -0.2) is 9.67 Å². The lowest BCUT2D eigenvalue weighted by atomic mass is 10.3. The fourth-order valence-corrected chi connectivity index (χ4v) is 1.69. The Labute approximate surface area is 110 Å². The average molecular weight is 261 g/mol. The van der Waals surface area contributed by atoms with Gasteiger partial charge in [0.1, 0.15) is 12.2 Å². The third kappa shape index (κ3) is 3.14. The molecule has 1 aromatic heterocycles. The first-order chi connectivity index (χ1) is 9.22. The van der Waals surface area contributed by atoms with Crippen LogP contribution >= 0.6 is 0 Å². The van der Waals surface area contributed by atoms with Crippen LogP contribution in [0.25, 0.3) is 5.69 Å². The Hall–Kier alpha value is -2.28. The molecule has 0 saturated carbocycles. The molecule has 2 aromatic rings. The first-order valence-electron chi connectivity index (χ1n) is 6.07. The molecule has 0 amide bonds. The van der Waals surface area contributed by atoms with Crippen LogP contribution in [0.1, 0.15) is 19.2 Å². The third-order valence-corrected chi connectivity index (χ3v) is 2.63. The Morgan fingerprint density at radius 1 is 1.37 bits per heavy atom. The predicted molar refractivity (Wildman–Crippen MR) is 70.0 cm³/mol. The fourth-order valence-electron chi connectivity index (χ4n) is 1.69. The van der Waals surface area contributed by atoms with Gasteiger partial charge >= 0.3 is 0 Å². The number of aromatic nitrogens is 3. The number of rotatable bonds is 6. The minimum atomic E-state index is -0.422. The van der Waals surface area contributed by atoms with E-state index in [1.54, 1.807) is 16.8 Å². The number of nitro benzene ring substituents is 1. The summed E-state index contributed by atoms with van der Waals surface area (Å²) in [4.78, 5) is 14.4. The van der Waals surface area contributed by atoms with Gasteiger partial charge in [-0.05, 0) is 25.1 Å². The van der Waals surface area contributed by atoms with Crippen LogP contribution in [0.4, 0.5) is 5.69 Å². The highest BCUT2D eigenvalue weighted by atomic mass is 16.6. The monoisotopic (exact) mass is 261 g/mol. The fraction of sp³-hybridized carbons (Fsp3) is 0.333. The van der Waals surface area contributed by atoms with Crippen molar-refractivity contribution in [1.29, 1.82) is 0 Å². The first-order valence-corrected chi connectivity index (χ1v) is 6.07. The summed E-state index contributed by atoms with van der Waals surface area (Å²) in [6.45, 7) is 3.62. The molecule has 1 aromatic carbocycles. The van der Waals surface area contributed by atoms with Gasteiger partial charge in [-0.15, -0.1) is 0 Å². The molecule has 100 valence electrons. The summed E-state index contributed by atoms with van der Waals surface area (Å²) < 4.78 is 1.67. The van der Waals surface area contributed by atoms with E-state index >= 15 is 0 Å². The Morgan fingerprint density at radius 3 is 2.74 bits per heavy atom. The summed E-state index contributed by atoms with van der Waals surface area (Å²) in [5.41, 5.74) is 0.825. The van der Waals surface area contributed by atoms with Crippen molar-refractivity contribution in [1.82, 2.24) is 20.1 Å². The zero-order valence-electron chi connectivity index (χ0n) is 10.6. The second-order valence-corrected chi connectivity index (χ2v) is 4.04. The van der Waals surface area contributed by atoms with Gasteiger partial charge in [0.15, 0.2) is 0 Å². The van der Waals surface area contributed by atoms with Crippen LogP contribution in [0.2, 0.25) is 0 Å². The molecule has 7 nitrogen and oxygen atoms in total. The summed E-state index contributed by atoms with van der Waals surface area (Å²) in [5, 5.41) is 18.0. The standard InChI is InChI=1S/C12H15N5O2/c1-2-7-13-8-12-14-9-15-16(12)10-3-5-11(6-4-10)17(18)19/h3-6,9,13H,2,7-8H2,1H3. The average Bonchev–Trinajstić information content (AvgIpc) is 2.87. The normalized spacial score (nSPS) is 10.6. The molecule has 19 heavy (non-hydrogen) atoms. The first kappa shape index (κ1) is 13.2. The molecular weight excluding hydrogens is 246 g/mol. The summed E-state index contributed by atoms with van der Waals surface area (Å²) in [6.07, 6.45) is 2.52. The van der Waals surface area contributed by atoms with Crippen molar-refractivity contribution in [2.24, 2.45) is 0 Å². The second-order valence-electron chi connectivity index (χ2n) is 4.04. The number of nitrogens with zero attached hydrogens (tertiary/aromatic N) is 4. The van der Waals surface area contributed by atoms with E-state index in [9.17, 15) is 10.1 Å². The molecule has 1 heterocycles. The lowest BCUT2D eigenvalue weighted by Crippen LogP contribution is -2.17. The van der Waals surface area contributed by atoms with Gasteiger partial charge in [0.25, 0.3) is 5.69 Å². The summed E-state index contributed by atoms with van der Waals surface area (Å²) in [7, 11) is 0. The quantitative estimate of drug-likeness (QED) is 0.485. The molecule has 0 aliphatic rings. The molecule has 1 N–H and O–H groups in total. The van der Waals surface area contributed by atoms with Crippen molar-refractivity contribution < 1.29 is 4.92 Å². The molecule has 0 bridgehead atoms.